The first-order chi connectivity index (χ1) is 10.7. The minimum Gasteiger partial charge on any atom is -0.456 e. The van der Waals surface area contributed by atoms with Crippen molar-refractivity contribution in [2.24, 2.45) is 0 Å². The van der Waals surface area contributed by atoms with Gasteiger partial charge in [-0.1, -0.05) is 36.8 Å². The maximum atomic E-state index is 12.1. The number of nitrogens with zero attached hydrogens (tertiary/aromatic N) is 1. The molecule has 0 radical (unpaired) electrons. The lowest BCUT2D eigenvalue weighted by molar-refractivity contribution is 0.0995. The number of hydrogen-bond donors (Lipinski definition) is 1. The fourth-order valence-corrected chi connectivity index (χ4v) is 2.75. The van der Waals surface area contributed by atoms with Gasteiger partial charge in [0.1, 0.15) is 5.76 Å². The molecule has 2 heterocycles. The van der Waals surface area contributed by atoms with Crippen LogP contribution in [0.5, 0.6) is 0 Å². The molecule has 3 rings (SSSR count). The van der Waals surface area contributed by atoms with E-state index in [0.29, 0.717) is 10.9 Å². The van der Waals surface area contributed by atoms with Gasteiger partial charge < -0.3 is 4.42 Å². The smallest absolute Gasteiger partial charge is 0.293 e. The van der Waals surface area contributed by atoms with E-state index in [9.17, 15) is 4.79 Å². The van der Waals surface area contributed by atoms with Gasteiger partial charge in [-0.15, -0.1) is 11.3 Å². The molecular weight excluding hydrogens is 296 g/mol. The third-order valence-electron chi connectivity index (χ3n) is 3.31. The molecule has 0 fully saturated rings. The number of aromatic nitrogens is 1. The van der Waals surface area contributed by atoms with Crippen molar-refractivity contribution in [2.75, 3.05) is 5.32 Å². The second-order valence-electron chi connectivity index (χ2n) is 4.98. The zero-order valence-corrected chi connectivity index (χ0v) is 13.2. The molecule has 22 heavy (non-hydrogen) atoms. The van der Waals surface area contributed by atoms with Crippen molar-refractivity contribution >= 4 is 22.4 Å². The van der Waals surface area contributed by atoms with Crippen molar-refractivity contribution in [3.63, 3.8) is 0 Å². The lowest BCUT2D eigenvalue weighted by Gasteiger charge is -1.99. The fraction of sp³-hybridized carbons (Fsp3) is 0.176. The highest BCUT2D eigenvalue weighted by Crippen LogP contribution is 2.25. The summed E-state index contributed by atoms with van der Waals surface area (Å²) in [5.74, 6) is 0.832. The predicted molar refractivity (Wildman–Crippen MR) is 88.3 cm³/mol. The first kappa shape index (κ1) is 14.5. The number of rotatable bonds is 4. The van der Waals surface area contributed by atoms with Gasteiger partial charge in [0.2, 0.25) is 0 Å². The molecule has 0 aliphatic rings. The van der Waals surface area contributed by atoms with Crippen LogP contribution in [0, 0.1) is 6.92 Å². The highest BCUT2D eigenvalue weighted by Gasteiger charge is 2.13. The average Bonchev–Trinajstić information content (AvgIpc) is 3.17. The highest BCUT2D eigenvalue weighted by atomic mass is 32.1. The van der Waals surface area contributed by atoms with Crippen LogP contribution >= 0.6 is 11.3 Å². The van der Waals surface area contributed by atoms with E-state index in [2.05, 4.69) is 10.3 Å². The number of carbonyl (C=O) groups excluding carboxylic acids is 1. The molecule has 0 bridgehead atoms. The van der Waals surface area contributed by atoms with Gasteiger partial charge in [-0.2, -0.15) is 0 Å². The molecule has 3 aromatic rings. The van der Waals surface area contributed by atoms with Crippen LogP contribution in [0.25, 0.3) is 11.3 Å². The summed E-state index contributed by atoms with van der Waals surface area (Å²) in [6, 6.07) is 11.6. The van der Waals surface area contributed by atoms with E-state index < -0.39 is 0 Å². The van der Waals surface area contributed by atoms with Gasteiger partial charge in [-0.05, 0) is 19.1 Å². The molecule has 112 valence electrons. The van der Waals surface area contributed by atoms with E-state index in [1.807, 2.05) is 49.6 Å². The molecule has 4 nitrogen and oxygen atoms in total. The Balaban J connectivity index is 1.73. The number of hydrogen-bond acceptors (Lipinski definition) is 4. The van der Waals surface area contributed by atoms with E-state index in [4.69, 9.17) is 4.42 Å². The SMILES string of the molecule is CCc1ccc(C(=O)Nc2nc(-c3ccc(C)cc3)cs2)o1. The molecule has 1 aromatic carbocycles. The van der Waals surface area contributed by atoms with Gasteiger partial charge in [0.25, 0.3) is 5.91 Å². The van der Waals surface area contributed by atoms with Gasteiger partial charge in [0.15, 0.2) is 10.9 Å². The maximum absolute atomic E-state index is 12.1. The van der Waals surface area contributed by atoms with Crippen LogP contribution in [-0.4, -0.2) is 10.9 Å². The van der Waals surface area contributed by atoms with Crippen LogP contribution in [0.15, 0.2) is 46.2 Å². The van der Waals surface area contributed by atoms with Gasteiger partial charge >= 0.3 is 0 Å². The van der Waals surface area contributed by atoms with Crippen LogP contribution in [0.2, 0.25) is 0 Å². The number of thiazole rings is 1. The molecule has 0 unspecified atom stereocenters. The first-order valence-electron chi connectivity index (χ1n) is 7.08. The lowest BCUT2D eigenvalue weighted by Crippen LogP contribution is -2.10. The Bertz CT molecular complexity index is 787. The standard InChI is InChI=1S/C17H16N2O2S/c1-3-13-8-9-15(21-13)16(20)19-17-18-14(10-22-17)12-6-4-11(2)5-7-12/h4-10H,3H2,1-2H3,(H,18,19,20). The summed E-state index contributed by atoms with van der Waals surface area (Å²) in [5, 5.41) is 5.27. The number of aryl methyl sites for hydroxylation is 2. The van der Waals surface area contributed by atoms with Crippen LogP contribution in [-0.2, 0) is 6.42 Å². The molecule has 2 aromatic heterocycles. The Kier molecular flexibility index (Phi) is 4.06. The summed E-state index contributed by atoms with van der Waals surface area (Å²) in [6.07, 6.45) is 0.766. The molecule has 1 amide bonds. The molecule has 5 heteroatoms. The van der Waals surface area contributed by atoms with E-state index in [1.165, 1.54) is 16.9 Å². The topological polar surface area (TPSA) is 55.1 Å². The summed E-state index contributed by atoms with van der Waals surface area (Å²) in [6.45, 7) is 4.03. The summed E-state index contributed by atoms with van der Waals surface area (Å²) >= 11 is 1.40. The van der Waals surface area contributed by atoms with Crippen molar-refractivity contribution in [2.45, 2.75) is 20.3 Å². The monoisotopic (exact) mass is 312 g/mol. The predicted octanol–water partition coefficient (Wildman–Crippen LogP) is 4.53. The molecule has 0 saturated heterocycles. The summed E-state index contributed by atoms with van der Waals surface area (Å²) in [4.78, 5) is 16.5. The van der Waals surface area contributed by atoms with Crippen molar-refractivity contribution in [1.82, 2.24) is 4.98 Å². The van der Waals surface area contributed by atoms with Crippen molar-refractivity contribution in [1.29, 1.82) is 0 Å². The molecule has 0 atom stereocenters. The molecular formula is C17H16N2O2S. The number of benzene rings is 1. The Morgan fingerprint density at radius 1 is 1.23 bits per heavy atom. The van der Waals surface area contributed by atoms with E-state index in [0.717, 1.165) is 23.4 Å². The van der Waals surface area contributed by atoms with Crippen LogP contribution < -0.4 is 5.32 Å². The normalized spacial score (nSPS) is 10.6. The number of furan rings is 1. The van der Waals surface area contributed by atoms with Gasteiger partial charge in [0, 0.05) is 17.4 Å². The van der Waals surface area contributed by atoms with E-state index in [-0.39, 0.29) is 5.91 Å². The maximum Gasteiger partial charge on any atom is 0.293 e. The fourth-order valence-electron chi connectivity index (χ4n) is 2.04. The molecule has 0 saturated carbocycles. The average molecular weight is 312 g/mol. The van der Waals surface area contributed by atoms with E-state index >= 15 is 0 Å². The zero-order valence-electron chi connectivity index (χ0n) is 12.4. The Morgan fingerprint density at radius 2 is 2.00 bits per heavy atom. The number of carbonyl (C=O) groups is 1. The lowest BCUT2D eigenvalue weighted by atomic mass is 10.1. The third-order valence-corrected chi connectivity index (χ3v) is 4.06. The van der Waals surface area contributed by atoms with Crippen LogP contribution in [0.1, 0.15) is 28.8 Å². The van der Waals surface area contributed by atoms with Gasteiger partial charge in [0.05, 0.1) is 5.69 Å². The van der Waals surface area contributed by atoms with Crippen LogP contribution in [0.4, 0.5) is 5.13 Å². The summed E-state index contributed by atoms with van der Waals surface area (Å²) in [5.41, 5.74) is 3.10. The number of nitrogens with one attached hydrogen (secondary N) is 1. The minimum absolute atomic E-state index is 0.274. The Labute approximate surface area is 132 Å². The number of anilines is 1. The minimum atomic E-state index is -0.274. The third kappa shape index (κ3) is 3.09. The zero-order chi connectivity index (χ0) is 15.5. The summed E-state index contributed by atoms with van der Waals surface area (Å²) in [7, 11) is 0. The molecule has 0 spiro atoms. The van der Waals surface area contributed by atoms with E-state index in [1.54, 1.807) is 6.07 Å². The van der Waals surface area contributed by atoms with Crippen LogP contribution in [0.3, 0.4) is 0 Å². The Morgan fingerprint density at radius 3 is 2.68 bits per heavy atom. The first-order valence-corrected chi connectivity index (χ1v) is 7.96. The van der Waals surface area contributed by atoms with Gasteiger partial charge in [-0.3, -0.25) is 10.1 Å². The highest BCUT2D eigenvalue weighted by molar-refractivity contribution is 7.14. The largest absolute Gasteiger partial charge is 0.456 e. The molecule has 0 aliphatic heterocycles. The Hall–Kier alpha value is -2.40. The second-order valence-corrected chi connectivity index (χ2v) is 5.84. The molecule has 1 N–H and O–H groups in total. The van der Waals surface area contributed by atoms with Crippen molar-refractivity contribution in [3.05, 3.63) is 58.9 Å². The molecule has 0 aliphatic carbocycles. The number of amides is 1. The van der Waals surface area contributed by atoms with Gasteiger partial charge in [-0.25, -0.2) is 4.98 Å². The quantitative estimate of drug-likeness (QED) is 0.770. The van der Waals surface area contributed by atoms with Crippen molar-refractivity contribution < 1.29 is 9.21 Å². The van der Waals surface area contributed by atoms with Crippen molar-refractivity contribution in [3.8, 4) is 11.3 Å². The summed E-state index contributed by atoms with van der Waals surface area (Å²) < 4.78 is 5.44. The second kappa shape index (κ2) is 6.15.